The zero-order valence-corrected chi connectivity index (χ0v) is 15.3. The zero-order chi connectivity index (χ0) is 19.5. The van der Waals surface area contributed by atoms with E-state index in [4.69, 9.17) is 0 Å². The SMILES string of the molecule is O=C1C(O)=C(c2ccccc2)[C@@H](c2ccc(F)cc2)N1CCc1ccccc1. The van der Waals surface area contributed by atoms with E-state index >= 15 is 0 Å². The molecule has 1 N–H and O–H groups in total. The molecule has 140 valence electrons. The Morgan fingerprint density at radius 3 is 2.11 bits per heavy atom. The predicted molar refractivity (Wildman–Crippen MR) is 107 cm³/mol. The maximum absolute atomic E-state index is 13.5. The predicted octanol–water partition coefficient (Wildman–Crippen LogP) is 4.92. The van der Waals surface area contributed by atoms with Crippen LogP contribution >= 0.6 is 0 Å². The molecule has 4 rings (SSSR count). The molecule has 1 amide bonds. The molecule has 0 spiro atoms. The van der Waals surface area contributed by atoms with Gasteiger partial charge in [-0.25, -0.2) is 4.39 Å². The van der Waals surface area contributed by atoms with E-state index in [0.717, 1.165) is 16.7 Å². The molecule has 0 unspecified atom stereocenters. The van der Waals surface area contributed by atoms with Crippen molar-refractivity contribution in [1.82, 2.24) is 4.90 Å². The summed E-state index contributed by atoms with van der Waals surface area (Å²) in [7, 11) is 0. The van der Waals surface area contributed by atoms with Crippen molar-refractivity contribution in [2.75, 3.05) is 6.54 Å². The Kier molecular flexibility index (Phi) is 4.94. The molecular formula is C24H20FNO2. The first-order valence-electron chi connectivity index (χ1n) is 9.24. The summed E-state index contributed by atoms with van der Waals surface area (Å²) in [5.74, 6) is -0.976. The highest BCUT2D eigenvalue weighted by Gasteiger charge is 2.40. The largest absolute Gasteiger partial charge is 0.503 e. The Morgan fingerprint density at radius 2 is 1.46 bits per heavy atom. The van der Waals surface area contributed by atoms with Gasteiger partial charge in [0, 0.05) is 12.1 Å². The number of hydrogen-bond donors (Lipinski definition) is 1. The average Bonchev–Trinajstić information content (AvgIpc) is 2.99. The van der Waals surface area contributed by atoms with E-state index in [1.54, 1.807) is 17.0 Å². The number of halogens is 1. The summed E-state index contributed by atoms with van der Waals surface area (Å²) in [6.07, 6.45) is 0.666. The summed E-state index contributed by atoms with van der Waals surface area (Å²) < 4.78 is 13.5. The number of hydrogen-bond acceptors (Lipinski definition) is 2. The van der Waals surface area contributed by atoms with Crippen molar-refractivity contribution in [3.63, 3.8) is 0 Å². The topological polar surface area (TPSA) is 40.5 Å². The molecule has 3 aromatic rings. The van der Waals surface area contributed by atoms with Gasteiger partial charge in [0.05, 0.1) is 6.04 Å². The van der Waals surface area contributed by atoms with Crippen LogP contribution in [-0.4, -0.2) is 22.5 Å². The van der Waals surface area contributed by atoms with Gasteiger partial charge in [-0.3, -0.25) is 4.79 Å². The second-order valence-corrected chi connectivity index (χ2v) is 6.82. The number of amides is 1. The first-order chi connectivity index (χ1) is 13.6. The lowest BCUT2D eigenvalue weighted by molar-refractivity contribution is -0.129. The van der Waals surface area contributed by atoms with Crippen molar-refractivity contribution in [1.29, 1.82) is 0 Å². The molecule has 3 nitrogen and oxygen atoms in total. The molecule has 28 heavy (non-hydrogen) atoms. The van der Waals surface area contributed by atoms with Crippen LogP contribution in [0.1, 0.15) is 22.7 Å². The number of aliphatic hydroxyl groups is 1. The summed E-state index contributed by atoms with van der Waals surface area (Å²) in [6, 6.07) is 24.9. The van der Waals surface area contributed by atoms with E-state index in [9.17, 15) is 14.3 Å². The van der Waals surface area contributed by atoms with Gasteiger partial charge in [-0.05, 0) is 35.2 Å². The molecular weight excluding hydrogens is 353 g/mol. The van der Waals surface area contributed by atoms with Crippen molar-refractivity contribution in [2.45, 2.75) is 12.5 Å². The Balaban J connectivity index is 1.72. The molecule has 1 aliphatic heterocycles. The van der Waals surface area contributed by atoms with Crippen LogP contribution in [0.25, 0.3) is 5.57 Å². The summed E-state index contributed by atoms with van der Waals surface area (Å²) in [4.78, 5) is 14.6. The van der Waals surface area contributed by atoms with Crippen molar-refractivity contribution < 1.29 is 14.3 Å². The number of aliphatic hydroxyl groups excluding tert-OH is 1. The molecule has 0 aliphatic carbocycles. The smallest absolute Gasteiger partial charge is 0.289 e. The van der Waals surface area contributed by atoms with Crippen LogP contribution in [-0.2, 0) is 11.2 Å². The lowest BCUT2D eigenvalue weighted by atomic mass is 9.93. The summed E-state index contributed by atoms with van der Waals surface area (Å²) >= 11 is 0. The molecule has 0 radical (unpaired) electrons. The molecule has 0 saturated heterocycles. The maximum Gasteiger partial charge on any atom is 0.289 e. The lowest BCUT2D eigenvalue weighted by Crippen LogP contribution is -2.32. The van der Waals surface area contributed by atoms with Crippen LogP contribution in [0, 0.1) is 5.82 Å². The van der Waals surface area contributed by atoms with Crippen LogP contribution in [0.5, 0.6) is 0 Å². The van der Waals surface area contributed by atoms with Crippen LogP contribution in [0.3, 0.4) is 0 Å². The lowest BCUT2D eigenvalue weighted by Gasteiger charge is -2.27. The molecule has 1 aliphatic rings. The quantitative estimate of drug-likeness (QED) is 0.690. The molecule has 4 heteroatoms. The molecule has 0 bridgehead atoms. The van der Waals surface area contributed by atoms with Gasteiger partial charge in [-0.15, -0.1) is 0 Å². The van der Waals surface area contributed by atoms with Gasteiger partial charge in [-0.1, -0.05) is 72.8 Å². The molecule has 1 heterocycles. The van der Waals surface area contributed by atoms with E-state index in [1.807, 2.05) is 60.7 Å². The Bertz CT molecular complexity index is 998. The molecule has 0 saturated carbocycles. The van der Waals surface area contributed by atoms with Gasteiger partial charge in [0.2, 0.25) is 0 Å². The first kappa shape index (κ1) is 18.0. The van der Waals surface area contributed by atoms with Gasteiger partial charge in [-0.2, -0.15) is 0 Å². The van der Waals surface area contributed by atoms with Gasteiger partial charge in [0.1, 0.15) is 5.82 Å². The molecule has 0 fully saturated rings. The third kappa shape index (κ3) is 3.41. The first-order valence-corrected chi connectivity index (χ1v) is 9.24. The molecule has 3 aromatic carbocycles. The van der Waals surface area contributed by atoms with Gasteiger partial charge >= 0.3 is 0 Å². The number of benzene rings is 3. The van der Waals surface area contributed by atoms with Crippen molar-refractivity contribution in [3.05, 3.63) is 113 Å². The Morgan fingerprint density at radius 1 is 0.857 bits per heavy atom. The normalized spacial score (nSPS) is 16.7. The third-order valence-corrected chi connectivity index (χ3v) is 5.06. The van der Waals surface area contributed by atoms with E-state index in [2.05, 4.69) is 0 Å². The van der Waals surface area contributed by atoms with Crippen molar-refractivity contribution in [2.24, 2.45) is 0 Å². The summed E-state index contributed by atoms with van der Waals surface area (Å²) in [5.41, 5.74) is 3.22. The highest BCUT2D eigenvalue weighted by molar-refractivity contribution is 6.05. The van der Waals surface area contributed by atoms with Crippen molar-refractivity contribution in [3.8, 4) is 0 Å². The minimum Gasteiger partial charge on any atom is -0.503 e. The summed E-state index contributed by atoms with van der Waals surface area (Å²) in [5, 5.41) is 10.7. The van der Waals surface area contributed by atoms with Crippen LogP contribution < -0.4 is 0 Å². The third-order valence-electron chi connectivity index (χ3n) is 5.06. The Hall–Kier alpha value is -3.40. The van der Waals surface area contributed by atoms with Gasteiger partial charge in [0.25, 0.3) is 5.91 Å². The number of nitrogens with zero attached hydrogens (tertiary/aromatic N) is 1. The van der Waals surface area contributed by atoms with E-state index in [1.165, 1.54) is 12.1 Å². The standard InChI is InChI=1S/C24H20FNO2/c25-20-13-11-19(12-14-20)22-21(18-9-5-2-6-10-18)23(27)24(28)26(22)16-15-17-7-3-1-4-8-17/h1-14,22,27H,15-16H2/t22-/m1/s1. The van der Waals surface area contributed by atoms with Crippen LogP contribution in [0.2, 0.25) is 0 Å². The second-order valence-electron chi connectivity index (χ2n) is 6.82. The molecule has 1 atom stereocenters. The fourth-order valence-corrected chi connectivity index (χ4v) is 3.68. The average molecular weight is 373 g/mol. The van der Waals surface area contributed by atoms with Crippen molar-refractivity contribution >= 4 is 11.5 Å². The zero-order valence-electron chi connectivity index (χ0n) is 15.3. The minimum absolute atomic E-state index is 0.242. The highest BCUT2D eigenvalue weighted by atomic mass is 19.1. The van der Waals surface area contributed by atoms with E-state index in [-0.39, 0.29) is 11.6 Å². The number of rotatable bonds is 5. The van der Waals surface area contributed by atoms with E-state index in [0.29, 0.717) is 18.5 Å². The monoisotopic (exact) mass is 373 g/mol. The highest BCUT2D eigenvalue weighted by Crippen LogP contribution is 2.42. The number of carbonyl (C=O) groups is 1. The summed E-state index contributed by atoms with van der Waals surface area (Å²) in [6.45, 7) is 0.450. The van der Waals surface area contributed by atoms with Crippen LogP contribution in [0.4, 0.5) is 4.39 Å². The minimum atomic E-state index is -0.459. The Labute approximate surface area is 163 Å². The number of carbonyl (C=O) groups excluding carboxylic acids is 1. The maximum atomic E-state index is 13.5. The molecule has 0 aromatic heterocycles. The van der Waals surface area contributed by atoms with Crippen LogP contribution in [0.15, 0.2) is 90.7 Å². The second kappa shape index (κ2) is 7.69. The van der Waals surface area contributed by atoms with Gasteiger partial charge in [0.15, 0.2) is 5.76 Å². The van der Waals surface area contributed by atoms with E-state index < -0.39 is 11.9 Å². The fraction of sp³-hybridized carbons (Fsp3) is 0.125. The van der Waals surface area contributed by atoms with Gasteiger partial charge < -0.3 is 10.0 Å². The fourth-order valence-electron chi connectivity index (χ4n) is 3.68.